The number of halogens is 2. The summed E-state index contributed by atoms with van der Waals surface area (Å²) in [7, 11) is 1.49. The number of methoxy groups -OCH3 is 1. The molecule has 0 radical (unpaired) electrons. The summed E-state index contributed by atoms with van der Waals surface area (Å²) >= 11 is 0. The zero-order valence-corrected chi connectivity index (χ0v) is 8.55. The zero-order chi connectivity index (χ0) is 9.84. The molecule has 0 aliphatic rings. The molecular formula is C9H13ClFNO2. The van der Waals surface area contributed by atoms with Crippen molar-refractivity contribution in [1.29, 1.82) is 0 Å². The predicted octanol–water partition coefficient (Wildman–Crippen LogP) is 1.25. The Bertz CT molecular complexity index is 296. The maximum absolute atomic E-state index is 13.1. The Morgan fingerprint density at radius 3 is 2.71 bits per heavy atom. The quantitative estimate of drug-likeness (QED) is 0.808. The molecular weight excluding hydrogens is 209 g/mol. The van der Waals surface area contributed by atoms with E-state index >= 15 is 0 Å². The molecule has 0 bridgehead atoms. The van der Waals surface area contributed by atoms with Crippen LogP contribution in [0.25, 0.3) is 0 Å². The highest BCUT2D eigenvalue weighted by molar-refractivity contribution is 5.85. The fourth-order valence-electron chi connectivity index (χ4n) is 1.03. The van der Waals surface area contributed by atoms with Gasteiger partial charge in [-0.25, -0.2) is 4.39 Å². The molecule has 0 saturated carbocycles. The lowest BCUT2D eigenvalue weighted by molar-refractivity contribution is 0.265. The number of rotatable bonds is 3. The van der Waals surface area contributed by atoms with Crippen LogP contribution in [0.3, 0.4) is 0 Å². The van der Waals surface area contributed by atoms with Crippen molar-refractivity contribution in [3.63, 3.8) is 0 Å². The Kier molecular flexibility index (Phi) is 5.45. The van der Waals surface area contributed by atoms with Crippen molar-refractivity contribution in [2.24, 2.45) is 5.73 Å². The molecule has 0 amide bonds. The van der Waals surface area contributed by atoms with Gasteiger partial charge in [-0.1, -0.05) is 0 Å². The van der Waals surface area contributed by atoms with Gasteiger partial charge in [0.25, 0.3) is 0 Å². The lowest BCUT2D eigenvalue weighted by Gasteiger charge is -2.10. The minimum atomic E-state index is -0.699. The Balaban J connectivity index is 0.00000169. The summed E-state index contributed by atoms with van der Waals surface area (Å²) in [6.07, 6.45) is 0. The Morgan fingerprint density at radius 1 is 1.57 bits per heavy atom. The zero-order valence-electron chi connectivity index (χ0n) is 7.74. The average Bonchev–Trinajstić information content (AvgIpc) is 2.17. The van der Waals surface area contributed by atoms with Crippen LogP contribution in [0, 0.1) is 5.82 Å². The van der Waals surface area contributed by atoms with Crippen LogP contribution in [0.15, 0.2) is 18.2 Å². The van der Waals surface area contributed by atoms with E-state index in [9.17, 15) is 4.39 Å². The topological polar surface area (TPSA) is 55.5 Å². The van der Waals surface area contributed by atoms with Gasteiger partial charge in [0.1, 0.15) is 11.6 Å². The first-order chi connectivity index (χ1) is 6.19. The number of aliphatic hydroxyl groups excluding tert-OH is 1. The molecule has 0 spiro atoms. The summed E-state index contributed by atoms with van der Waals surface area (Å²) in [5, 5.41) is 8.74. The molecule has 0 aliphatic carbocycles. The average molecular weight is 222 g/mol. The predicted molar refractivity (Wildman–Crippen MR) is 54.2 cm³/mol. The molecule has 0 fully saturated rings. The van der Waals surface area contributed by atoms with E-state index in [0.717, 1.165) is 0 Å². The van der Waals surface area contributed by atoms with Gasteiger partial charge in [0.2, 0.25) is 0 Å². The maximum atomic E-state index is 13.1. The van der Waals surface area contributed by atoms with E-state index in [4.69, 9.17) is 15.6 Å². The van der Waals surface area contributed by atoms with E-state index in [1.807, 2.05) is 0 Å². The van der Waals surface area contributed by atoms with E-state index in [0.29, 0.717) is 5.75 Å². The second-order valence-electron chi connectivity index (χ2n) is 2.68. The van der Waals surface area contributed by atoms with Crippen LogP contribution in [0.4, 0.5) is 4.39 Å². The number of ether oxygens (including phenoxy) is 1. The van der Waals surface area contributed by atoms with E-state index in [1.165, 1.54) is 25.3 Å². The number of aliphatic hydroxyl groups is 1. The molecule has 1 rings (SSSR count). The molecule has 3 N–H and O–H groups in total. The summed E-state index contributed by atoms with van der Waals surface area (Å²) in [5.41, 5.74) is 5.74. The van der Waals surface area contributed by atoms with E-state index in [1.54, 1.807) is 0 Å². The molecule has 0 unspecified atom stereocenters. The molecule has 0 saturated heterocycles. The van der Waals surface area contributed by atoms with Crippen LogP contribution in [0.2, 0.25) is 0 Å². The number of hydrogen-bond donors (Lipinski definition) is 2. The Labute approximate surface area is 88.1 Å². The van der Waals surface area contributed by atoms with Crippen LogP contribution < -0.4 is 10.5 Å². The SMILES string of the molecule is COc1ccc(F)c([C@@H](N)CO)c1.Cl. The molecule has 1 atom stereocenters. The summed E-state index contributed by atoms with van der Waals surface area (Å²) < 4.78 is 18.0. The minimum Gasteiger partial charge on any atom is -0.497 e. The highest BCUT2D eigenvalue weighted by Gasteiger charge is 2.10. The highest BCUT2D eigenvalue weighted by Crippen LogP contribution is 2.20. The van der Waals surface area contributed by atoms with Crippen LogP contribution in [0.1, 0.15) is 11.6 Å². The number of hydrogen-bond acceptors (Lipinski definition) is 3. The minimum absolute atomic E-state index is 0. The maximum Gasteiger partial charge on any atom is 0.128 e. The Morgan fingerprint density at radius 2 is 2.21 bits per heavy atom. The highest BCUT2D eigenvalue weighted by atomic mass is 35.5. The van der Waals surface area contributed by atoms with Gasteiger partial charge < -0.3 is 15.6 Å². The van der Waals surface area contributed by atoms with Crippen LogP contribution >= 0.6 is 12.4 Å². The standard InChI is InChI=1S/C9H12FNO2.ClH/c1-13-6-2-3-8(10)7(4-6)9(11)5-12;/h2-4,9,12H,5,11H2,1H3;1H/t9-;/m0./s1. The van der Waals surface area contributed by atoms with Crippen LogP contribution in [-0.4, -0.2) is 18.8 Å². The van der Waals surface area contributed by atoms with Crippen molar-refractivity contribution in [3.8, 4) is 5.75 Å². The third-order valence-corrected chi connectivity index (χ3v) is 1.80. The third-order valence-electron chi connectivity index (χ3n) is 1.80. The second kappa shape index (κ2) is 5.80. The van der Waals surface area contributed by atoms with Crippen LogP contribution in [0.5, 0.6) is 5.75 Å². The van der Waals surface area contributed by atoms with Gasteiger partial charge in [-0.3, -0.25) is 0 Å². The first-order valence-corrected chi connectivity index (χ1v) is 3.89. The summed E-state index contributed by atoms with van der Waals surface area (Å²) in [5.74, 6) is 0.0997. The lowest BCUT2D eigenvalue weighted by Crippen LogP contribution is -2.16. The first kappa shape index (κ1) is 13.2. The number of nitrogens with two attached hydrogens (primary N) is 1. The van der Waals surface area contributed by atoms with Gasteiger partial charge in [0.15, 0.2) is 0 Å². The summed E-state index contributed by atoms with van der Waals surface area (Å²) in [6.45, 7) is -0.288. The van der Waals surface area contributed by atoms with E-state index < -0.39 is 11.9 Å². The molecule has 1 aromatic rings. The monoisotopic (exact) mass is 221 g/mol. The molecule has 1 aromatic carbocycles. The van der Waals surface area contributed by atoms with E-state index in [2.05, 4.69) is 0 Å². The molecule has 3 nitrogen and oxygen atoms in total. The van der Waals surface area contributed by atoms with Crippen molar-refractivity contribution in [3.05, 3.63) is 29.6 Å². The molecule has 0 aromatic heterocycles. The third kappa shape index (κ3) is 2.83. The smallest absolute Gasteiger partial charge is 0.128 e. The van der Waals surface area contributed by atoms with Gasteiger partial charge in [0, 0.05) is 5.56 Å². The molecule has 14 heavy (non-hydrogen) atoms. The summed E-state index contributed by atoms with van der Waals surface area (Å²) in [4.78, 5) is 0. The largest absolute Gasteiger partial charge is 0.497 e. The van der Waals surface area contributed by atoms with Crippen LogP contribution in [-0.2, 0) is 0 Å². The van der Waals surface area contributed by atoms with Gasteiger partial charge in [-0.15, -0.1) is 12.4 Å². The normalized spacial score (nSPS) is 11.7. The molecule has 0 aliphatic heterocycles. The van der Waals surface area contributed by atoms with Gasteiger partial charge >= 0.3 is 0 Å². The van der Waals surface area contributed by atoms with Gasteiger partial charge in [-0.05, 0) is 18.2 Å². The molecule has 0 heterocycles. The van der Waals surface area contributed by atoms with E-state index in [-0.39, 0.29) is 24.6 Å². The fraction of sp³-hybridized carbons (Fsp3) is 0.333. The van der Waals surface area contributed by atoms with Gasteiger partial charge in [0.05, 0.1) is 19.8 Å². The van der Waals surface area contributed by atoms with Crippen molar-refractivity contribution in [1.82, 2.24) is 0 Å². The van der Waals surface area contributed by atoms with Crippen molar-refractivity contribution < 1.29 is 14.2 Å². The number of benzene rings is 1. The second-order valence-corrected chi connectivity index (χ2v) is 2.68. The van der Waals surface area contributed by atoms with Crippen molar-refractivity contribution in [2.75, 3.05) is 13.7 Å². The molecule has 80 valence electrons. The van der Waals surface area contributed by atoms with Gasteiger partial charge in [-0.2, -0.15) is 0 Å². The summed E-state index contributed by atoms with van der Waals surface area (Å²) in [6, 6.07) is 3.55. The Hall–Kier alpha value is -0.840. The van der Waals surface area contributed by atoms with Crippen molar-refractivity contribution in [2.45, 2.75) is 6.04 Å². The lowest BCUT2D eigenvalue weighted by atomic mass is 10.1. The molecule has 5 heteroatoms. The first-order valence-electron chi connectivity index (χ1n) is 3.89. The fourth-order valence-corrected chi connectivity index (χ4v) is 1.03. The van der Waals surface area contributed by atoms with Crippen molar-refractivity contribution >= 4 is 12.4 Å².